The molecular weight excluding hydrogens is 431 g/mol. The van der Waals surface area contributed by atoms with Gasteiger partial charge in [0.1, 0.15) is 28.5 Å². The first-order valence-electron chi connectivity index (χ1n) is 11.2. The molecule has 2 heteroatoms. The highest BCUT2D eigenvalue weighted by atomic mass is 31.2. The Hall–Kier alpha value is -3.51. The number of aliphatic hydroxyl groups excluding tert-OH is 1. The van der Waals surface area contributed by atoms with E-state index in [0.717, 1.165) is 11.1 Å². The number of benzene rings is 5. The summed E-state index contributed by atoms with van der Waals surface area (Å²) in [6, 6.07) is 50.0. The average Bonchev–Trinajstić information content (AvgIpc) is 2.91. The quantitative estimate of drug-likeness (QED) is 0.303. The summed E-state index contributed by atoms with van der Waals surface area (Å²) in [6.45, 7) is 0.0669. The summed E-state index contributed by atoms with van der Waals surface area (Å²) < 4.78 is 0. The highest BCUT2D eigenvalue weighted by molar-refractivity contribution is 8.01. The van der Waals surface area contributed by atoms with E-state index < -0.39 is 7.26 Å². The van der Waals surface area contributed by atoms with E-state index >= 15 is 0 Å². The highest BCUT2D eigenvalue weighted by Crippen LogP contribution is 2.54. The van der Waals surface area contributed by atoms with Gasteiger partial charge in [-0.1, -0.05) is 98.4 Å². The summed E-state index contributed by atoms with van der Waals surface area (Å²) >= 11 is 0. The molecule has 5 rings (SSSR count). The minimum absolute atomic E-state index is 0. The lowest BCUT2D eigenvalue weighted by Gasteiger charge is -2.27. The van der Waals surface area contributed by atoms with Crippen LogP contribution in [0.2, 0.25) is 0 Å². The molecule has 1 N–H and O–H groups in total. The predicted octanol–water partition coefficient (Wildman–Crippen LogP) is 6.10. The number of rotatable bonds is 6. The van der Waals surface area contributed by atoms with E-state index in [1.165, 1.54) is 26.8 Å². The summed E-state index contributed by atoms with van der Waals surface area (Å²) in [6.07, 6.45) is 0. The molecule has 0 saturated carbocycles. The topological polar surface area (TPSA) is 20.2 Å². The average molecular weight is 462 g/mol. The molecule has 0 atom stereocenters. The third kappa shape index (κ3) is 4.33. The zero-order chi connectivity index (χ0) is 22.5. The molecule has 0 amide bonds. The number of hydrogen-bond donors (Lipinski definition) is 1. The molecule has 34 heavy (non-hydrogen) atoms. The van der Waals surface area contributed by atoms with Crippen LogP contribution < -0.4 is 21.2 Å². The van der Waals surface area contributed by atoms with Crippen molar-refractivity contribution in [1.29, 1.82) is 0 Å². The third-order valence-electron chi connectivity index (χ3n) is 6.15. The van der Waals surface area contributed by atoms with Crippen molar-refractivity contribution >= 4 is 28.5 Å². The monoisotopic (exact) mass is 461 g/mol. The van der Waals surface area contributed by atoms with Gasteiger partial charge in [-0.15, -0.1) is 0 Å². The van der Waals surface area contributed by atoms with E-state index in [-0.39, 0.29) is 14.0 Å². The van der Waals surface area contributed by atoms with Crippen LogP contribution in [-0.2, 0) is 6.61 Å². The van der Waals surface area contributed by atoms with Crippen molar-refractivity contribution in [2.45, 2.75) is 14.0 Å². The standard InChI is InChI=1S/C31H26OP.CH4/c32-24-25-16-18-26(19-17-25)27-20-22-31(23-21-27)33(28-10-4-1-5-11-28,29-12-6-2-7-13-29)30-14-8-3-9-15-30;/h1-23,32H,24H2;1H4/q+1;. The molecule has 0 unspecified atom stereocenters. The van der Waals surface area contributed by atoms with Crippen molar-refractivity contribution in [3.05, 3.63) is 145 Å². The molecule has 0 aromatic heterocycles. The van der Waals surface area contributed by atoms with Gasteiger partial charge in [0.2, 0.25) is 0 Å². The predicted molar refractivity (Wildman–Crippen MR) is 149 cm³/mol. The molecule has 0 saturated heterocycles. The molecule has 5 aromatic rings. The molecule has 5 aromatic carbocycles. The normalized spacial score (nSPS) is 11.0. The Kier molecular flexibility index (Phi) is 7.38. The van der Waals surface area contributed by atoms with Crippen LogP contribution in [0.25, 0.3) is 11.1 Å². The van der Waals surface area contributed by atoms with Gasteiger partial charge < -0.3 is 5.11 Å². The SMILES string of the molecule is C.OCc1ccc(-c2ccc([P+](c3ccccc3)(c3ccccc3)c3ccccc3)cc2)cc1. The summed E-state index contributed by atoms with van der Waals surface area (Å²) in [7, 11) is -2.06. The van der Waals surface area contributed by atoms with Gasteiger partial charge in [0.15, 0.2) is 0 Å². The van der Waals surface area contributed by atoms with Crippen molar-refractivity contribution in [3.63, 3.8) is 0 Å². The van der Waals surface area contributed by atoms with Gasteiger partial charge in [-0.05, 0) is 65.2 Å². The maximum Gasteiger partial charge on any atom is 0.144 e. The third-order valence-corrected chi connectivity index (χ3v) is 10.4. The Morgan fingerprint density at radius 3 is 1.09 bits per heavy atom. The van der Waals surface area contributed by atoms with Gasteiger partial charge in [-0.2, -0.15) is 0 Å². The summed E-state index contributed by atoms with van der Waals surface area (Å²) in [5.41, 5.74) is 3.26. The highest BCUT2D eigenvalue weighted by Gasteiger charge is 2.47. The molecule has 168 valence electrons. The molecule has 0 spiro atoms. The van der Waals surface area contributed by atoms with E-state index in [4.69, 9.17) is 0 Å². The smallest absolute Gasteiger partial charge is 0.144 e. The van der Waals surface area contributed by atoms with Gasteiger partial charge in [0.25, 0.3) is 0 Å². The van der Waals surface area contributed by atoms with Gasteiger partial charge in [-0.25, -0.2) is 0 Å². The van der Waals surface area contributed by atoms with Crippen LogP contribution in [0.5, 0.6) is 0 Å². The molecule has 0 aliphatic heterocycles. The van der Waals surface area contributed by atoms with Crippen LogP contribution in [0.3, 0.4) is 0 Å². The van der Waals surface area contributed by atoms with Gasteiger partial charge >= 0.3 is 0 Å². The first-order valence-corrected chi connectivity index (χ1v) is 13.0. The lowest BCUT2D eigenvalue weighted by Crippen LogP contribution is -2.38. The van der Waals surface area contributed by atoms with Gasteiger partial charge in [-0.3, -0.25) is 0 Å². The van der Waals surface area contributed by atoms with Crippen molar-refractivity contribution < 1.29 is 5.11 Å². The van der Waals surface area contributed by atoms with Crippen LogP contribution in [-0.4, -0.2) is 5.11 Å². The van der Waals surface area contributed by atoms with Gasteiger partial charge in [0, 0.05) is 0 Å². The summed E-state index contributed by atoms with van der Waals surface area (Å²) in [4.78, 5) is 0. The minimum Gasteiger partial charge on any atom is -0.392 e. The maximum atomic E-state index is 9.35. The van der Waals surface area contributed by atoms with Crippen LogP contribution in [0.15, 0.2) is 140 Å². The fourth-order valence-electron chi connectivity index (χ4n) is 4.53. The number of aliphatic hydroxyl groups is 1. The molecule has 0 heterocycles. The minimum atomic E-state index is -2.06. The van der Waals surface area contributed by atoms with E-state index in [1.807, 2.05) is 12.1 Å². The van der Waals surface area contributed by atoms with E-state index in [2.05, 4.69) is 127 Å². The second-order valence-electron chi connectivity index (χ2n) is 8.08. The molecule has 0 radical (unpaired) electrons. The summed E-state index contributed by atoms with van der Waals surface area (Å²) in [5, 5.41) is 14.7. The fourth-order valence-corrected chi connectivity index (χ4v) is 8.77. The van der Waals surface area contributed by atoms with Crippen LogP contribution in [0.4, 0.5) is 0 Å². The van der Waals surface area contributed by atoms with E-state index in [9.17, 15) is 5.11 Å². The first kappa shape index (κ1) is 23.6. The first-order chi connectivity index (χ1) is 16.3. The largest absolute Gasteiger partial charge is 0.392 e. The Balaban J connectivity index is 0.00000274. The van der Waals surface area contributed by atoms with E-state index in [0.29, 0.717) is 0 Å². The van der Waals surface area contributed by atoms with E-state index in [1.54, 1.807) is 0 Å². The summed E-state index contributed by atoms with van der Waals surface area (Å²) in [5.74, 6) is 0. The second-order valence-corrected chi connectivity index (χ2v) is 11.5. The number of hydrogen-bond acceptors (Lipinski definition) is 1. The molecule has 0 aliphatic carbocycles. The maximum absolute atomic E-state index is 9.35. The fraction of sp³-hybridized carbons (Fsp3) is 0.0625. The molecular formula is C32H30OP+. The van der Waals surface area contributed by atoms with Crippen molar-refractivity contribution in [3.8, 4) is 11.1 Å². The zero-order valence-electron chi connectivity index (χ0n) is 18.4. The van der Waals surface area contributed by atoms with Crippen LogP contribution >= 0.6 is 7.26 Å². The van der Waals surface area contributed by atoms with Crippen LogP contribution in [0.1, 0.15) is 13.0 Å². The zero-order valence-corrected chi connectivity index (χ0v) is 19.3. The Bertz CT molecular complexity index is 1200. The molecule has 0 fully saturated rings. The Morgan fingerprint density at radius 1 is 0.412 bits per heavy atom. The lowest BCUT2D eigenvalue weighted by molar-refractivity contribution is 0.282. The second kappa shape index (κ2) is 10.6. The Morgan fingerprint density at radius 2 is 0.735 bits per heavy atom. The molecule has 0 aliphatic rings. The van der Waals surface area contributed by atoms with Crippen LogP contribution in [0, 0.1) is 0 Å². The lowest BCUT2D eigenvalue weighted by atomic mass is 10.0. The van der Waals surface area contributed by atoms with Crippen molar-refractivity contribution in [1.82, 2.24) is 0 Å². The van der Waals surface area contributed by atoms with Crippen molar-refractivity contribution in [2.75, 3.05) is 0 Å². The molecule has 1 nitrogen and oxygen atoms in total. The van der Waals surface area contributed by atoms with Crippen molar-refractivity contribution in [2.24, 2.45) is 0 Å². The Labute approximate surface area is 203 Å². The van der Waals surface area contributed by atoms with Gasteiger partial charge in [0.05, 0.1) is 6.61 Å². The molecule has 0 bridgehead atoms.